The summed E-state index contributed by atoms with van der Waals surface area (Å²) in [4.78, 5) is 35.3. The van der Waals surface area contributed by atoms with Crippen molar-refractivity contribution in [2.75, 3.05) is 31.1 Å². The fourth-order valence-corrected chi connectivity index (χ4v) is 4.90. The van der Waals surface area contributed by atoms with Gasteiger partial charge in [0.15, 0.2) is 11.2 Å². The fraction of sp³-hybridized carbons (Fsp3) is 0.346. The second-order valence-corrected chi connectivity index (χ2v) is 9.69. The lowest BCUT2D eigenvalue weighted by Crippen LogP contribution is -2.47. The Morgan fingerprint density at radius 3 is 2.29 bits per heavy atom. The Kier molecular flexibility index (Phi) is 6.25. The van der Waals surface area contributed by atoms with Gasteiger partial charge in [0.05, 0.1) is 6.54 Å². The first-order valence-corrected chi connectivity index (χ1v) is 12.1. The van der Waals surface area contributed by atoms with Crippen molar-refractivity contribution in [3.8, 4) is 0 Å². The molecule has 0 bridgehead atoms. The molecule has 0 amide bonds. The molecule has 0 aliphatic carbocycles. The van der Waals surface area contributed by atoms with Gasteiger partial charge in [-0.15, -0.1) is 0 Å². The Morgan fingerprint density at radius 2 is 1.60 bits per heavy atom. The first-order valence-electron chi connectivity index (χ1n) is 11.8. The molecule has 1 saturated heterocycles. The number of piperazine rings is 1. The molecular weight excluding hydrogens is 464 g/mol. The van der Waals surface area contributed by atoms with Crippen LogP contribution in [0.5, 0.6) is 0 Å². The van der Waals surface area contributed by atoms with Crippen LogP contribution in [0.15, 0.2) is 58.1 Å². The van der Waals surface area contributed by atoms with E-state index in [1.165, 1.54) is 17.2 Å². The maximum absolute atomic E-state index is 13.2. The van der Waals surface area contributed by atoms with Gasteiger partial charge in [0.1, 0.15) is 0 Å². The van der Waals surface area contributed by atoms with Gasteiger partial charge in [-0.25, -0.2) is 4.79 Å². The van der Waals surface area contributed by atoms with E-state index in [9.17, 15) is 9.59 Å². The summed E-state index contributed by atoms with van der Waals surface area (Å²) in [7, 11) is 3.19. The number of aromatic nitrogens is 4. The van der Waals surface area contributed by atoms with E-state index >= 15 is 0 Å². The maximum atomic E-state index is 13.2. The summed E-state index contributed by atoms with van der Waals surface area (Å²) in [5.74, 6) is 0.728. The van der Waals surface area contributed by atoms with Gasteiger partial charge in [-0.3, -0.25) is 23.4 Å². The topological polar surface area (TPSA) is 68.3 Å². The van der Waals surface area contributed by atoms with Crippen molar-refractivity contribution in [3.05, 3.63) is 91.1 Å². The van der Waals surface area contributed by atoms with E-state index in [4.69, 9.17) is 16.6 Å². The summed E-state index contributed by atoms with van der Waals surface area (Å²) >= 11 is 6.02. The first kappa shape index (κ1) is 23.4. The van der Waals surface area contributed by atoms with Gasteiger partial charge in [0, 0.05) is 51.8 Å². The predicted molar refractivity (Wildman–Crippen MR) is 139 cm³/mol. The highest BCUT2D eigenvalue weighted by molar-refractivity contribution is 6.30. The van der Waals surface area contributed by atoms with Crippen molar-refractivity contribution in [1.29, 1.82) is 0 Å². The van der Waals surface area contributed by atoms with Crippen molar-refractivity contribution in [2.45, 2.75) is 20.0 Å². The summed E-state index contributed by atoms with van der Waals surface area (Å²) in [6, 6.07) is 16.2. The van der Waals surface area contributed by atoms with Crippen LogP contribution in [-0.2, 0) is 27.2 Å². The molecule has 9 heteroatoms. The number of anilines is 1. The molecular formula is C26H29ClN6O2. The molecule has 2 aromatic carbocycles. The zero-order valence-electron chi connectivity index (χ0n) is 20.2. The Labute approximate surface area is 208 Å². The van der Waals surface area contributed by atoms with E-state index in [1.54, 1.807) is 7.05 Å². The van der Waals surface area contributed by atoms with Crippen molar-refractivity contribution < 1.29 is 0 Å². The quantitative estimate of drug-likeness (QED) is 0.428. The van der Waals surface area contributed by atoms with Gasteiger partial charge < -0.3 is 4.90 Å². The van der Waals surface area contributed by atoms with Gasteiger partial charge in [0.25, 0.3) is 5.56 Å². The third kappa shape index (κ3) is 4.51. The van der Waals surface area contributed by atoms with Crippen molar-refractivity contribution >= 4 is 28.7 Å². The smallest absolute Gasteiger partial charge is 0.332 e. The second-order valence-electron chi connectivity index (χ2n) is 9.25. The van der Waals surface area contributed by atoms with Crippen LogP contribution in [0, 0.1) is 6.92 Å². The number of nitrogens with zero attached hydrogens (tertiary/aromatic N) is 6. The van der Waals surface area contributed by atoms with Crippen LogP contribution in [0.4, 0.5) is 5.95 Å². The number of rotatable bonds is 5. The average Bonchev–Trinajstić information content (AvgIpc) is 3.22. The Hall–Kier alpha value is -3.36. The van der Waals surface area contributed by atoms with E-state index < -0.39 is 0 Å². The van der Waals surface area contributed by atoms with Crippen LogP contribution in [-0.4, -0.2) is 49.8 Å². The normalized spacial score (nSPS) is 14.7. The van der Waals surface area contributed by atoms with Crippen LogP contribution < -0.4 is 16.1 Å². The summed E-state index contributed by atoms with van der Waals surface area (Å²) in [6.07, 6.45) is 0. The minimum absolute atomic E-state index is 0.323. The predicted octanol–water partition coefficient (Wildman–Crippen LogP) is 2.77. The molecule has 1 aliphatic heterocycles. The number of aryl methyl sites for hydroxylation is 2. The largest absolute Gasteiger partial charge is 0.340 e. The highest BCUT2D eigenvalue weighted by atomic mass is 35.5. The number of imidazole rings is 1. The maximum Gasteiger partial charge on any atom is 0.332 e. The summed E-state index contributed by atoms with van der Waals surface area (Å²) in [5.41, 5.74) is 3.65. The first-order chi connectivity index (χ1) is 16.8. The molecule has 8 nitrogen and oxygen atoms in total. The highest BCUT2D eigenvalue weighted by Gasteiger charge is 2.26. The monoisotopic (exact) mass is 492 g/mol. The molecule has 0 atom stereocenters. The minimum atomic E-state index is -0.373. The van der Waals surface area contributed by atoms with Crippen molar-refractivity contribution in [1.82, 2.24) is 23.6 Å². The van der Waals surface area contributed by atoms with Gasteiger partial charge >= 0.3 is 5.69 Å². The molecule has 0 radical (unpaired) electrons. The molecule has 3 heterocycles. The zero-order valence-corrected chi connectivity index (χ0v) is 21.0. The van der Waals surface area contributed by atoms with Crippen LogP contribution >= 0.6 is 11.6 Å². The summed E-state index contributed by atoms with van der Waals surface area (Å²) in [6.45, 7) is 6.71. The lowest BCUT2D eigenvalue weighted by atomic mass is 10.1. The van der Waals surface area contributed by atoms with E-state index in [0.717, 1.165) is 59.4 Å². The standard InChI is InChI=1S/C26H29ClN6O2/c1-18-5-4-6-20(15-18)17-33-22-23(29(2)26(35)30(3)24(22)34)28-25(33)32-13-11-31(12-14-32)16-19-7-9-21(27)10-8-19/h4-10,15H,11-14,16-17H2,1-3H3. The molecule has 35 heavy (non-hydrogen) atoms. The number of hydrogen-bond donors (Lipinski definition) is 0. The van der Waals surface area contributed by atoms with E-state index in [2.05, 4.69) is 47.1 Å². The lowest BCUT2D eigenvalue weighted by Gasteiger charge is -2.35. The van der Waals surface area contributed by atoms with E-state index in [0.29, 0.717) is 17.7 Å². The minimum Gasteiger partial charge on any atom is -0.340 e. The Balaban J connectivity index is 1.49. The Morgan fingerprint density at radius 1 is 0.886 bits per heavy atom. The molecule has 1 fully saturated rings. The summed E-state index contributed by atoms with van der Waals surface area (Å²) < 4.78 is 4.59. The SMILES string of the molecule is Cc1cccc(Cn2c(N3CCN(Cc4ccc(Cl)cc4)CC3)nc3c2c(=O)n(C)c(=O)n3C)c1. The van der Waals surface area contributed by atoms with Crippen LogP contribution in [0.25, 0.3) is 11.2 Å². The molecule has 2 aromatic heterocycles. The number of benzene rings is 2. The molecule has 0 unspecified atom stereocenters. The highest BCUT2D eigenvalue weighted by Crippen LogP contribution is 2.23. The molecule has 0 N–H and O–H groups in total. The van der Waals surface area contributed by atoms with Gasteiger partial charge in [-0.2, -0.15) is 4.98 Å². The zero-order chi connectivity index (χ0) is 24.7. The fourth-order valence-electron chi connectivity index (χ4n) is 4.77. The van der Waals surface area contributed by atoms with Gasteiger partial charge in [-0.1, -0.05) is 53.6 Å². The van der Waals surface area contributed by atoms with Crippen molar-refractivity contribution in [3.63, 3.8) is 0 Å². The molecule has 0 spiro atoms. The Bertz CT molecular complexity index is 1490. The molecule has 5 rings (SSSR count). The molecule has 1 aliphatic rings. The lowest BCUT2D eigenvalue weighted by molar-refractivity contribution is 0.248. The van der Waals surface area contributed by atoms with Crippen LogP contribution in [0.2, 0.25) is 5.02 Å². The van der Waals surface area contributed by atoms with Crippen molar-refractivity contribution in [2.24, 2.45) is 14.1 Å². The molecule has 0 saturated carbocycles. The average molecular weight is 493 g/mol. The van der Waals surface area contributed by atoms with Crippen LogP contribution in [0.3, 0.4) is 0 Å². The van der Waals surface area contributed by atoms with Gasteiger partial charge in [0.2, 0.25) is 5.95 Å². The number of fused-ring (bicyclic) bond motifs is 1. The van der Waals surface area contributed by atoms with E-state index in [1.807, 2.05) is 22.8 Å². The summed E-state index contributed by atoms with van der Waals surface area (Å²) in [5, 5.41) is 0.742. The van der Waals surface area contributed by atoms with Gasteiger partial charge in [-0.05, 0) is 30.2 Å². The van der Waals surface area contributed by atoms with Crippen LogP contribution in [0.1, 0.15) is 16.7 Å². The molecule has 182 valence electrons. The van der Waals surface area contributed by atoms with E-state index in [-0.39, 0.29) is 11.2 Å². The third-order valence-electron chi connectivity index (χ3n) is 6.73. The third-order valence-corrected chi connectivity index (χ3v) is 6.98. The second kappa shape index (κ2) is 9.36. The number of halogens is 1. The molecule has 4 aromatic rings. The number of hydrogen-bond acceptors (Lipinski definition) is 5.